The zero-order valence-electron chi connectivity index (χ0n) is 17.8. The number of anilines is 1. The monoisotopic (exact) mass is 396 g/mol. The molecule has 0 spiro atoms. The average molecular weight is 396 g/mol. The number of amides is 1. The predicted octanol–water partition coefficient (Wildman–Crippen LogP) is 4.67. The summed E-state index contributed by atoms with van der Waals surface area (Å²) in [6.45, 7) is 6.48. The average Bonchev–Trinajstić information content (AvgIpc) is 3.08. The molecule has 0 aliphatic carbocycles. The number of methoxy groups -OCH3 is 3. The summed E-state index contributed by atoms with van der Waals surface area (Å²) in [5.74, 6) is 1.50. The van der Waals surface area contributed by atoms with Gasteiger partial charge in [0.15, 0.2) is 11.5 Å². The van der Waals surface area contributed by atoms with Gasteiger partial charge in [-0.3, -0.25) is 4.79 Å². The van der Waals surface area contributed by atoms with E-state index in [1.807, 2.05) is 36.5 Å². The zero-order chi connectivity index (χ0) is 21.2. The largest absolute Gasteiger partial charge is 0.493 e. The van der Waals surface area contributed by atoms with Crippen molar-refractivity contribution < 1.29 is 19.0 Å². The quantitative estimate of drug-likeness (QED) is 0.635. The van der Waals surface area contributed by atoms with Gasteiger partial charge < -0.3 is 24.5 Å². The van der Waals surface area contributed by atoms with Crippen LogP contribution >= 0.6 is 0 Å². The highest BCUT2D eigenvalue weighted by Crippen LogP contribution is 2.44. The number of hydrogen-bond acceptors (Lipinski definition) is 4. The summed E-state index contributed by atoms with van der Waals surface area (Å²) in [7, 11) is 4.71. The van der Waals surface area contributed by atoms with Gasteiger partial charge in [-0.15, -0.1) is 0 Å². The molecule has 3 rings (SSSR count). The van der Waals surface area contributed by atoms with Crippen LogP contribution in [0.15, 0.2) is 36.5 Å². The fraction of sp³-hybridized carbons (Fsp3) is 0.348. The number of ether oxygens (including phenoxy) is 3. The second-order valence-corrected chi connectivity index (χ2v) is 7.93. The van der Waals surface area contributed by atoms with Crippen molar-refractivity contribution >= 4 is 22.5 Å². The lowest BCUT2D eigenvalue weighted by Gasteiger charge is -2.19. The number of H-pyrrole nitrogens is 1. The molecule has 154 valence electrons. The van der Waals surface area contributed by atoms with E-state index in [2.05, 4.69) is 31.1 Å². The third kappa shape index (κ3) is 4.16. The van der Waals surface area contributed by atoms with Gasteiger partial charge in [0.2, 0.25) is 11.7 Å². The van der Waals surface area contributed by atoms with Gasteiger partial charge in [0.05, 0.1) is 33.3 Å². The molecule has 1 heterocycles. The molecule has 0 radical (unpaired) electrons. The predicted molar refractivity (Wildman–Crippen MR) is 115 cm³/mol. The molecule has 0 fully saturated rings. The van der Waals surface area contributed by atoms with Gasteiger partial charge in [0.25, 0.3) is 0 Å². The second-order valence-electron chi connectivity index (χ2n) is 7.93. The number of nitrogens with one attached hydrogen (secondary N) is 2. The number of rotatable bonds is 6. The summed E-state index contributed by atoms with van der Waals surface area (Å²) < 4.78 is 16.4. The van der Waals surface area contributed by atoms with E-state index >= 15 is 0 Å². The summed E-state index contributed by atoms with van der Waals surface area (Å²) in [6, 6.07) is 9.79. The Morgan fingerprint density at radius 1 is 1.00 bits per heavy atom. The lowest BCUT2D eigenvalue weighted by molar-refractivity contribution is -0.115. The second kappa shape index (κ2) is 8.07. The van der Waals surface area contributed by atoms with Crippen LogP contribution in [0.2, 0.25) is 0 Å². The molecular weight excluding hydrogens is 368 g/mol. The highest BCUT2D eigenvalue weighted by Gasteiger charge is 2.21. The first-order valence-corrected chi connectivity index (χ1v) is 9.47. The summed E-state index contributed by atoms with van der Waals surface area (Å²) >= 11 is 0. The molecule has 0 atom stereocenters. The maximum atomic E-state index is 12.7. The van der Waals surface area contributed by atoms with Crippen molar-refractivity contribution in [3.8, 4) is 17.2 Å². The van der Waals surface area contributed by atoms with Crippen LogP contribution in [0.4, 0.5) is 5.69 Å². The van der Waals surface area contributed by atoms with E-state index in [1.54, 1.807) is 21.3 Å². The van der Waals surface area contributed by atoms with Crippen molar-refractivity contribution in [3.05, 3.63) is 47.7 Å². The Morgan fingerprint density at radius 3 is 2.21 bits per heavy atom. The number of hydrogen-bond donors (Lipinski definition) is 2. The van der Waals surface area contributed by atoms with Gasteiger partial charge in [0, 0.05) is 23.3 Å². The first kappa shape index (κ1) is 20.6. The molecular formula is C23H28N2O4. The van der Waals surface area contributed by atoms with E-state index in [-0.39, 0.29) is 17.7 Å². The Labute approximate surface area is 171 Å². The number of carbonyl (C=O) groups is 1. The highest BCUT2D eigenvalue weighted by atomic mass is 16.5. The molecule has 1 amide bonds. The van der Waals surface area contributed by atoms with Crippen LogP contribution in [-0.2, 0) is 16.6 Å². The Kier molecular flexibility index (Phi) is 5.73. The van der Waals surface area contributed by atoms with Gasteiger partial charge >= 0.3 is 0 Å². The normalized spacial score (nSPS) is 11.4. The van der Waals surface area contributed by atoms with Gasteiger partial charge in [0.1, 0.15) is 0 Å². The van der Waals surface area contributed by atoms with Crippen molar-refractivity contribution in [2.45, 2.75) is 32.6 Å². The molecule has 0 saturated carbocycles. The molecule has 1 aromatic heterocycles. The molecule has 0 bridgehead atoms. The van der Waals surface area contributed by atoms with E-state index in [4.69, 9.17) is 14.2 Å². The minimum atomic E-state index is -0.105. The third-order valence-electron chi connectivity index (χ3n) is 4.94. The lowest BCUT2D eigenvalue weighted by Crippen LogP contribution is -2.15. The van der Waals surface area contributed by atoms with Gasteiger partial charge in [-0.2, -0.15) is 0 Å². The van der Waals surface area contributed by atoms with E-state index in [9.17, 15) is 4.79 Å². The Bertz CT molecular complexity index is 1010. The summed E-state index contributed by atoms with van der Waals surface area (Å²) in [6.07, 6.45) is 2.02. The number of aromatic nitrogens is 1. The smallest absolute Gasteiger partial charge is 0.228 e. The minimum absolute atomic E-state index is 0.0727. The molecule has 0 saturated heterocycles. The zero-order valence-corrected chi connectivity index (χ0v) is 17.8. The summed E-state index contributed by atoms with van der Waals surface area (Å²) in [5.41, 5.74) is 3.70. The fourth-order valence-electron chi connectivity index (χ4n) is 3.40. The van der Waals surface area contributed by atoms with E-state index in [0.717, 1.165) is 22.2 Å². The number of fused-ring (bicyclic) bond motifs is 1. The molecule has 6 heteroatoms. The number of benzene rings is 2. The summed E-state index contributed by atoms with van der Waals surface area (Å²) in [4.78, 5) is 15.8. The maximum absolute atomic E-state index is 12.7. The van der Waals surface area contributed by atoms with Crippen LogP contribution in [0.25, 0.3) is 10.9 Å². The first-order chi connectivity index (χ1) is 13.8. The molecule has 0 aliphatic heterocycles. The fourth-order valence-corrected chi connectivity index (χ4v) is 3.40. The van der Waals surface area contributed by atoms with Crippen molar-refractivity contribution in [2.75, 3.05) is 26.6 Å². The van der Waals surface area contributed by atoms with Crippen LogP contribution in [0.1, 0.15) is 31.9 Å². The molecule has 3 aromatic rings. The van der Waals surface area contributed by atoms with Crippen molar-refractivity contribution in [1.29, 1.82) is 0 Å². The van der Waals surface area contributed by atoms with E-state index < -0.39 is 0 Å². The first-order valence-electron chi connectivity index (χ1n) is 9.47. The molecule has 2 N–H and O–H groups in total. The number of aromatic amines is 1. The number of carbonyl (C=O) groups excluding carboxylic acids is 1. The lowest BCUT2D eigenvalue weighted by atomic mass is 9.87. The Hall–Kier alpha value is -3.15. The van der Waals surface area contributed by atoms with Crippen molar-refractivity contribution in [2.24, 2.45) is 0 Å². The molecule has 0 aliphatic rings. The topological polar surface area (TPSA) is 72.6 Å². The summed E-state index contributed by atoms with van der Waals surface area (Å²) in [5, 5.41) is 3.77. The van der Waals surface area contributed by atoms with Crippen LogP contribution in [0.3, 0.4) is 0 Å². The minimum Gasteiger partial charge on any atom is -0.493 e. The van der Waals surface area contributed by atoms with Crippen LogP contribution in [0.5, 0.6) is 17.2 Å². The van der Waals surface area contributed by atoms with Crippen LogP contribution < -0.4 is 19.5 Å². The molecule has 29 heavy (non-hydrogen) atoms. The third-order valence-corrected chi connectivity index (χ3v) is 4.94. The van der Waals surface area contributed by atoms with Gasteiger partial charge in [-0.05, 0) is 28.7 Å². The SMILES string of the molecule is COc1cc2[nH]cc(CC(=O)Nc3ccc(C(C)(C)C)cc3)c2c(OC)c1OC. The van der Waals surface area contributed by atoms with Crippen LogP contribution in [-0.4, -0.2) is 32.2 Å². The Balaban J connectivity index is 1.85. The van der Waals surface area contributed by atoms with E-state index in [1.165, 1.54) is 5.56 Å². The van der Waals surface area contributed by atoms with Gasteiger partial charge in [-0.1, -0.05) is 32.9 Å². The highest BCUT2D eigenvalue weighted by molar-refractivity contribution is 5.99. The van der Waals surface area contributed by atoms with Crippen molar-refractivity contribution in [1.82, 2.24) is 4.98 Å². The van der Waals surface area contributed by atoms with E-state index in [0.29, 0.717) is 17.2 Å². The van der Waals surface area contributed by atoms with Gasteiger partial charge in [-0.25, -0.2) is 0 Å². The van der Waals surface area contributed by atoms with Crippen LogP contribution in [0, 0.1) is 0 Å². The Morgan fingerprint density at radius 2 is 1.66 bits per heavy atom. The molecule has 6 nitrogen and oxygen atoms in total. The molecule has 2 aromatic carbocycles. The molecule has 0 unspecified atom stereocenters. The standard InChI is InChI=1S/C23H28N2O4/c1-23(2,3)15-7-9-16(10-8-15)25-19(26)11-14-13-24-17-12-18(27-4)21(28-5)22(29-6)20(14)17/h7-10,12-13,24H,11H2,1-6H3,(H,25,26). The van der Waals surface area contributed by atoms with Crippen molar-refractivity contribution in [3.63, 3.8) is 0 Å². The maximum Gasteiger partial charge on any atom is 0.228 e.